The van der Waals surface area contributed by atoms with E-state index in [2.05, 4.69) is 11.9 Å². The summed E-state index contributed by atoms with van der Waals surface area (Å²) < 4.78 is 22.1. The molecular formula is C10H13ClN2O3S. The van der Waals surface area contributed by atoms with Gasteiger partial charge in [-0.15, -0.1) is 0 Å². The molecule has 1 aliphatic rings. The number of aromatic nitrogens is 1. The standard InChI is InChI=1S/C10H13ClN2O3S/c1-7-2-3-13(6-7)10(14)9-4-8(5-12-9)17(11,15)16/h4-5,7,12H,2-3,6H2,1H3. The number of nitrogens with one attached hydrogen (secondary N) is 1. The van der Waals surface area contributed by atoms with Crippen molar-refractivity contribution in [3.8, 4) is 0 Å². The molecule has 1 fully saturated rings. The van der Waals surface area contributed by atoms with Gasteiger partial charge >= 0.3 is 0 Å². The van der Waals surface area contributed by atoms with Gasteiger partial charge in [0.15, 0.2) is 0 Å². The summed E-state index contributed by atoms with van der Waals surface area (Å²) in [6.45, 7) is 3.50. The second-order valence-electron chi connectivity index (χ2n) is 4.33. The molecule has 0 radical (unpaired) electrons. The Morgan fingerprint density at radius 2 is 2.29 bits per heavy atom. The predicted octanol–water partition coefficient (Wildman–Crippen LogP) is 1.42. The van der Waals surface area contributed by atoms with E-state index in [9.17, 15) is 13.2 Å². The topological polar surface area (TPSA) is 70.2 Å². The van der Waals surface area contributed by atoms with Gasteiger partial charge in [-0.25, -0.2) is 8.42 Å². The third-order valence-electron chi connectivity index (χ3n) is 2.88. The average molecular weight is 277 g/mol. The van der Waals surface area contributed by atoms with Crippen molar-refractivity contribution >= 4 is 25.6 Å². The monoisotopic (exact) mass is 276 g/mol. The highest BCUT2D eigenvalue weighted by atomic mass is 35.7. The number of nitrogens with zero attached hydrogens (tertiary/aromatic N) is 1. The number of carbonyl (C=O) groups excluding carboxylic acids is 1. The zero-order valence-electron chi connectivity index (χ0n) is 9.31. The summed E-state index contributed by atoms with van der Waals surface area (Å²) in [5, 5.41) is 0. The van der Waals surface area contributed by atoms with Gasteiger partial charge < -0.3 is 9.88 Å². The molecule has 17 heavy (non-hydrogen) atoms. The number of rotatable bonds is 2. The van der Waals surface area contributed by atoms with Crippen molar-refractivity contribution in [2.45, 2.75) is 18.2 Å². The van der Waals surface area contributed by atoms with Crippen molar-refractivity contribution in [2.75, 3.05) is 13.1 Å². The first-order valence-corrected chi connectivity index (χ1v) is 7.61. The molecule has 1 aromatic rings. The number of halogens is 1. The van der Waals surface area contributed by atoms with Crippen molar-refractivity contribution in [1.82, 2.24) is 9.88 Å². The van der Waals surface area contributed by atoms with Crippen molar-refractivity contribution in [3.63, 3.8) is 0 Å². The summed E-state index contributed by atoms with van der Waals surface area (Å²) >= 11 is 0. The lowest BCUT2D eigenvalue weighted by molar-refractivity contribution is 0.0783. The van der Waals surface area contributed by atoms with Crippen molar-refractivity contribution in [2.24, 2.45) is 5.92 Å². The molecule has 0 saturated carbocycles. The molecule has 1 N–H and O–H groups in total. The average Bonchev–Trinajstić information content (AvgIpc) is 2.83. The molecule has 2 heterocycles. The van der Waals surface area contributed by atoms with Crippen LogP contribution in [-0.2, 0) is 9.05 Å². The fraction of sp³-hybridized carbons (Fsp3) is 0.500. The number of H-pyrrole nitrogens is 1. The molecule has 1 aromatic heterocycles. The number of aromatic amines is 1. The van der Waals surface area contributed by atoms with E-state index in [0.29, 0.717) is 19.0 Å². The van der Waals surface area contributed by atoms with Crippen LogP contribution < -0.4 is 0 Å². The number of hydrogen-bond acceptors (Lipinski definition) is 3. The van der Waals surface area contributed by atoms with Crippen LogP contribution in [0.1, 0.15) is 23.8 Å². The van der Waals surface area contributed by atoms with Crippen LogP contribution in [0.2, 0.25) is 0 Å². The normalized spacial score (nSPS) is 20.8. The van der Waals surface area contributed by atoms with Gasteiger partial charge in [0, 0.05) is 30.0 Å². The second-order valence-corrected chi connectivity index (χ2v) is 6.90. The Hall–Kier alpha value is -1.01. The molecule has 0 bridgehead atoms. The Bertz CT molecular complexity index is 538. The van der Waals surface area contributed by atoms with Gasteiger partial charge in [0.2, 0.25) is 0 Å². The molecule has 0 aromatic carbocycles. The van der Waals surface area contributed by atoms with E-state index < -0.39 is 9.05 Å². The largest absolute Gasteiger partial charge is 0.356 e. The van der Waals surface area contributed by atoms with Crippen LogP contribution in [-0.4, -0.2) is 37.3 Å². The number of hydrogen-bond donors (Lipinski definition) is 1. The second kappa shape index (κ2) is 4.34. The molecule has 1 aliphatic heterocycles. The van der Waals surface area contributed by atoms with Gasteiger partial charge in [-0.2, -0.15) is 0 Å². The van der Waals surface area contributed by atoms with Crippen LogP contribution in [0.15, 0.2) is 17.2 Å². The highest BCUT2D eigenvalue weighted by molar-refractivity contribution is 8.13. The van der Waals surface area contributed by atoms with Crippen molar-refractivity contribution < 1.29 is 13.2 Å². The van der Waals surface area contributed by atoms with E-state index in [1.54, 1.807) is 4.90 Å². The SMILES string of the molecule is CC1CCN(C(=O)c2cc(S(=O)(=O)Cl)c[nH]2)C1. The summed E-state index contributed by atoms with van der Waals surface area (Å²) in [6, 6.07) is 1.27. The molecule has 0 aliphatic carbocycles. The maximum atomic E-state index is 12.0. The Kier molecular flexibility index (Phi) is 3.18. The molecule has 1 atom stereocenters. The van der Waals surface area contributed by atoms with Crippen LogP contribution in [0.5, 0.6) is 0 Å². The summed E-state index contributed by atoms with van der Waals surface area (Å²) in [5.74, 6) is 0.311. The first kappa shape index (κ1) is 12.4. The van der Waals surface area contributed by atoms with Gasteiger partial charge in [0.1, 0.15) is 10.6 Å². The molecular weight excluding hydrogens is 264 g/mol. The third kappa shape index (κ3) is 2.63. The Labute approximate surface area is 104 Å². The van der Waals surface area contributed by atoms with Gasteiger partial charge in [-0.05, 0) is 18.4 Å². The van der Waals surface area contributed by atoms with Crippen molar-refractivity contribution in [1.29, 1.82) is 0 Å². The van der Waals surface area contributed by atoms with E-state index in [1.807, 2.05) is 0 Å². The molecule has 2 rings (SSSR count). The van der Waals surface area contributed by atoms with Gasteiger partial charge in [-0.1, -0.05) is 6.92 Å². The zero-order chi connectivity index (χ0) is 12.6. The van der Waals surface area contributed by atoms with Crippen LogP contribution in [0, 0.1) is 5.92 Å². The molecule has 1 amide bonds. The van der Waals surface area contributed by atoms with Crippen LogP contribution in [0.25, 0.3) is 0 Å². The third-order valence-corrected chi connectivity index (χ3v) is 4.21. The van der Waals surface area contributed by atoms with E-state index in [1.165, 1.54) is 12.3 Å². The molecule has 1 unspecified atom stereocenters. The van der Waals surface area contributed by atoms with E-state index in [-0.39, 0.29) is 16.5 Å². The predicted molar refractivity (Wildman–Crippen MR) is 63.5 cm³/mol. The molecule has 0 spiro atoms. The van der Waals surface area contributed by atoms with Gasteiger partial charge in [0.25, 0.3) is 15.0 Å². The minimum atomic E-state index is -3.78. The molecule has 5 nitrogen and oxygen atoms in total. The quantitative estimate of drug-likeness (QED) is 0.831. The van der Waals surface area contributed by atoms with Crippen LogP contribution >= 0.6 is 10.7 Å². The van der Waals surface area contributed by atoms with E-state index in [0.717, 1.165) is 6.42 Å². The fourth-order valence-electron chi connectivity index (χ4n) is 1.93. The highest BCUT2D eigenvalue weighted by Gasteiger charge is 2.26. The number of carbonyl (C=O) groups is 1. The molecule has 1 saturated heterocycles. The minimum Gasteiger partial charge on any atom is -0.356 e. The Morgan fingerprint density at radius 3 is 2.76 bits per heavy atom. The number of amides is 1. The Morgan fingerprint density at radius 1 is 1.59 bits per heavy atom. The van der Waals surface area contributed by atoms with E-state index in [4.69, 9.17) is 10.7 Å². The maximum Gasteiger partial charge on any atom is 0.270 e. The maximum absolute atomic E-state index is 12.0. The van der Waals surface area contributed by atoms with Gasteiger partial charge in [0.05, 0.1) is 0 Å². The van der Waals surface area contributed by atoms with Gasteiger partial charge in [-0.3, -0.25) is 4.79 Å². The van der Waals surface area contributed by atoms with Crippen LogP contribution in [0.4, 0.5) is 0 Å². The summed E-state index contributed by atoms with van der Waals surface area (Å²) in [7, 11) is 1.41. The van der Waals surface area contributed by atoms with Crippen LogP contribution in [0.3, 0.4) is 0 Å². The Balaban J connectivity index is 2.18. The number of likely N-dealkylation sites (tertiary alicyclic amines) is 1. The zero-order valence-corrected chi connectivity index (χ0v) is 10.9. The van der Waals surface area contributed by atoms with E-state index >= 15 is 0 Å². The summed E-state index contributed by atoms with van der Waals surface area (Å²) in [6.07, 6.45) is 2.21. The summed E-state index contributed by atoms with van der Waals surface area (Å²) in [4.78, 5) is 16.3. The molecule has 7 heteroatoms. The lowest BCUT2D eigenvalue weighted by Crippen LogP contribution is -2.28. The highest BCUT2D eigenvalue weighted by Crippen LogP contribution is 2.20. The first-order valence-electron chi connectivity index (χ1n) is 5.30. The first-order chi connectivity index (χ1) is 7.88. The fourth-order valence-corrected chi connectivity index (χ4v) is 2.65. The smallest absolute Gasteiger partial charge is 0.270 e. The van der Waals surface area contributed by atoms with Crippen molar-refractivity contribution in [3.05, 3.63) is 18.0 Å². The lowest BCUT2D eigenvalue weighted by atomic mass is 10.2. The summed E-state index contributed by atoms with van der Waals surface area (Å²) in [5.41, 5.74) is 0.262. The minimum absolute atomic E-state index is 0.0743. The molecule has 94 valence electrons. The lowest BCUT2D eigenvalue weighted by Gasteiger charge is -2.14.